The van der Waals surface area contributed by atoms with E-state index in [4.69, 9.17) is 18.9 Å². The topological polar surface area (TPSA) is 143 Å². The molecule has 2 aliphatic carbocycles. The standard InChI is InChI=1S/C39H47NO10/c1-22-8-17-28(33(22)36(45)49-38(2,3)4)35(44)48-20-31(41)25-13-9-23(10-14-25)24-11-15-26(16-12-24)34(43)47-21-32(42)30-19-27-18-29(27)40(30)37(46)50-39(5,6)7/h9-16,22,27-30,33H,8,17-21H2,1-7H3/t22?,27?,28-,29?,30+,33?/m1/s1. The highest BCUT2D eigenvalue weighted by Crippen LogP contribution is 2.48. The van der Waals surface area contributed by atoms with Gasteiger partial charge in [-0.3, -0.25) is 24.1 Å². The average Bonchev–Trinajstić information content (AvgIpc) is 3.51. The molecule has 2 aromatic carbocycles. The molecule has 0 aromatic heterocycles. The van der Waals surface area contributed by atoms with Crippen molar-refractivity contribution in [2.24, 2.45) is 23.7 Å². The van der Waals surface area contributed by atoms with E-state index in [1.807, 2.05) is 6.92 Å². The van der Waals surface area contributed by atoms with Crippen LogP contribution in [0, 0.1) is 23.7 Å². The van der Waals surface area contributed by atoms with Crippen LogP contribution in [0.2, 0.25) is 0 Å². The average molecular weight is 690 g/mol. The molecule has 0 spiro atoms. The largest absolute Gasteiger partial charge is 0.460 e. The number of nitrogens with zero attached hydrogens (tertiary/aromatic N) is 1. The van der Waals surface area contributed by atoms with Crippen molar-refractivity contribution in [3.05, 3.63) is 59.7 Å². The van der Waals surface area contributed by atoms with Gasteiger partial charge in [0.1, 0.15) is 11.2 Å². The lowest BCUT2D eigenvalue weighted by molar-refractivity contribution is -0.168. The van der Waals surface area contributed by atoms with E-state index in [-0.39, 0.29) is 35.0 Å². The highest BCUT2D eigenvalue weighted by atomic mass is 16.6. The lowest BCUT2D eigenvalue weighted by Gasteiger charge is -2.29. The first-order valence-corrected chi connectivity index (χ1v) is 17.3. The third kappa shape index (κ3) is 8.78. The SMILES string of the molecule is CC1CC[C@@H](C(=O)OCC(=O)c2ccc(-c3ccc(C(=O)OCC(=O)[C@@H]4CC5CC5N4C(=O)OC(C)(C)C)cc3)cc2)C1C(=O)OC(C)(C)C. The van der Waals surface area contributed by atoms with Crippen molar-refractivity contribution in [1.82, 2.24) is 4.90 Å². The summed E-state index contributed by atoms with van der Waals surface area (Å²) in [4.78, 5) is 78.5. The van der Waals surface area contributed by atoms with Crippen molar-refractivity contribution >= 4 is 35.6 Å². The number of hydrogen-bond acceptors (Lipinski definition) is 10. The smallest absolute Gasteiger partial charge is 0.411 e. The summed E-state index contributed by atoms with van der Waals surface area (Å²) < 4.78 is 21.7. The predicted molar refractivity (Wildman–Crippen MR) is 182 cm³/mol. The number of Topliss-reactive ketones (excluding diaryl/α,β-unsaturated/α-hetero) is 2. The number of fused-ring (bicyclic) bond motifs is 1. The molecule has 1 amide bonds. The lowest BCUT2D eigenvalue weighted by Crippen LogP contribution is -2.46. The molecule has 0 bridgehead atoms. The van der Waals surface area contributed by atoms with E-state index >= 15 is 0 Å². The summed E-state index contributed by atoms with van der Waals surface area (Å²) in [5, 5.41) is 0. The van der Waals surface area contributed by atoms with Gasteiger partial charge in [0.05, 0.1) is 23.4 Å². The zero-order valence-corrected chi connectivity index (χ0v) is 29.9. The Morgan fingerprint density at radius 2 is 1.28 bits per heavy atom. The van der Waals surface area contributed by atoms with Crippen LogP contribution >= 0.6 is 0 Å². The number of benzene rings is 2. The monoisotopic (exact) mass is 689 g/mol. The quantitative estimate of drug-likeness (QED) is 0.161. The van der Waals surface area contributed by atoms with Crippen molar-refractivity contribution in [3.63, 3.8) is 0 Å². The number of carbonyl (C=O) groups is 6. The zero-order valence-electron chi connectivity index (χ0n) is 29.9. The summed E-state index contributed by atoms with van der Waals surface area (Å²) in [6.45, 7) is 11.7. The van der Waals surface area contributed by atoms with Gasteiger partial charge < -0.3 is 18.9 Å². The van der Waals surface area contributed by atoms with Crippen LogP contribution in [-0.2, 0) is 33.3 Å². The van der Waals surface area contributed by atoms with Crippen LogP contribution in [-0.4, -0.2) is 77.0 Å². The molecule has 11 nitrogen and oxygen atoms in total. The first-order chi connectivity index (χ1) is 23.4. The van der Waals surface area contributed by atoms with Gasteiger partial charge in [0.2, 0.25) is 0 Å². The Bertz CT molecular complexity index is 1530. The molecular formula is C39H47NO10. The molecule has 1 aliphatic heterocycles. The van der Waals surface area contributed by atoms with Gasteiger partial charge in [-0.15, -0.1) is 0 Å². The van der Waals surface area contributed by atoms with E-state index in [0.717, 1.165) is 17.5 Å². The number of amides is 1. The summed E-state index contributed by atoms with van der Waals surface area (Å²) in [6, 6.07) is 12.7. The van der Waals surface area contributed by atoms with Crippen LogP contribution in [0.15, 0.2) is 48.5 Å². The Hall–Kier alpha value is -4.54. The van der Waals surface area contributed by atoms with E-state index in [1.165, 1.54) is 4.90 Å². The van der Waals surface area contributed by atoms with E-state index < -0.39 is 66.3 Å². The van der Waals surface area contributed by atoms with Gasteiger partial charge in [-0.2, -0.15) is 0 Å². The van der Waals surface area contributed by atoms with Crippen molar-refractivity contribution in [2.45, 2.75) is 97.4 Å². The molecule has 3 fully saturated rings. The number of piperidine rings is 1. The molecule has 11 heteroatoms. The van der Waals surface area contributed by atoms with E-state index in [1.54, 1.807) is 90.1 Å². The van der Waals surface area contributed by atoms with Gasteiger partial charge in [-0.25, -0.2) is 9.59 Å². The van der Waals surface area contributed by atoms with Crippen LogP contribution in [0.1, 0.15) is 94.9 Å². The summed E-state index contributed by atoms with van der Waals surface area (Å²) in [5.74, 6) is -3.37. The maximum Gasteiger partial charge on any atom is 0.411 e. The van der Waals surface area contributed by atoms with Crippen molar-refractivity contribution in [2.75, 3.05) is 13.2 Å². The second-order valence-corrected chi connectivity index (χ2v) is 15.7. The maximum atomic E-state index is 13.0. The normalized spacial score (nSPS) is 24.2. The van der Waals surface area contributed by atoms with Gasteiger partial charge in [-0.05, 0) is 102 Å². The van der Waals surface area contributed by atoms with Gasteiger partial charge in [0.15, 0.2) is 24.8 Å². The zero-order chi connectivity index (χ0) is 36.5. The van der Waals surface area contributed by atoms with Crippen molar-refractivity contribution in [3.8, 4) is 11.1 Å². The molecule has 4 unspecified atom stereocenters. The minimum atomic E-state index is -0.683. The third-order valence-corrected chi connectivity index (χ3v) is 9.39. The molecule has 2 aromatic rings. The number of rotatable bonds is 10. The Kier molecular flexibility index (Phi) is 10.6. The Labute approximate surface area is 293 Å². The molecule has 0 radical (unpaired) electrons. The van der Waals surface area contributed by atoms with Crippen LogP contribution in [0.5, 0.6) is 0 Å². The number of likely N-dealkylation sites (tertiary alicyclic amines) is 1. The molecule has 1 saturated heterocycles. The summed E-state index contributed by atoms with van der Waals surface area (Å²) in [5.41, 5.74) is 0.840. The number of esters is 3. The molecule has 268 valence electrons. The lowest BCUT2D eigenvalue weighted by atomic mass is 9.90. The fourth-order valence-corrected chi connectivity index (χ4v) is 6.84. The molecule has 3 aliphatic rings. The van der Waals surface area contributed by atoms with Gasteiger partial charge in [0.25, 0.3) is 0 Å². The molecule has 50 heavy (non-hydrogen) atoms. The summed E-state index contributed by atoms with van der Waals surface area (Å²) >= 11 is 0. The van der Waals surface area contributed by atoms with Gasteiger partial charge in [-0.1, -0.05) is 43.3 Å². The number of ketones is 2. The van der Waals surface area contributed by atoms with Gasteiger partial charge in [0, 0.05) is 11.6 Å². The van der Waals surface area contributed by atoms with E-state index in [0.29, 0.717) is 24.8 Å². The number of ether oxygens (including phenoxy) is 4. The highest BCUT2D eigenvalue weighted by Gasteiger charge is 2.57. The maximum absolute atomic E-state index is 13.0. The molecule has 2 saturated carbocycles. The first kappa shape index (κ1) is 36.7. The molecule has 6 atom stereocenters. The highest BCUT2D eigenvalue weighted by molar-refractivity contribution is 5.99. The second-order valence-electron chi connectivity index (χ2n) is 15.7. The van der Waals surface area contributed by atoms with Crippen LogP contribution in [0.3, 0.4) is 0 Å². The number of hydrogen-bond donors (Lipinski definition) is 0. The van der Waals surface area contributed by atoms with Crippen LogP contribution < -0.4 is 0 Å². The van der Waals surface area contributed by atoms with E-state index in [9.17, 15) is 28.8 Å². The Morgan fingerprint density at radius 1 is 0.700 bits per heavy atom. The first-order valence-electron chi connectivity index (χ1n) is 17.3. The fraction of sp³-hybridized carbons (Fsp3) is 0.538. The molecule has 0 N–H and O–H groups in total. The minimum absolute atomic E-state index is 0.00210. The van der Waals surface area contributed by atoms with Gasteiger partial charge >= 0.3 is 24.0 Å². The van der Waals surface area contributed by atoms with Crippen molar-refractivity contribution in [1.29, 1.82) is 0 Å². The molecular weight excluding hydrogens is 642 g/mol. The van der Waals surface area contributed by atoms with E-state index in [2.05, 4.69) is 0 Å². The Morgan fingerprint density at radius 3 is 1.86 bits per heavy atom. The fourth-order valence-electron chi connectivity index (χ4n) is 6.84. The molecule has 1 heterocycles. The van der Waals surface area contributed by atoms with Crippen LogP contribution in [0.25, 0.3) is 11.1 Å². The second kappa shape index (κ2) is 14.4. The Balaban J connectivity index is 1.10. The minimum Gasteiger partial charge on any atom is -0.460 e. The van der Waals surface area contributed by atoms with Crippen molar-refractivity contribution < 1.29 is 47.7 Å². The summed E-state index contributed by atoms with van der Waals surface area (Å²) in [6.07, 6.45) is 2.06. The van der Waals surface area contributed by atoms with Crippen LogP contribution in [0.4, 0.5) is 4.79 Å². The third-order valence-electron chi connectivity index (χ3n) is 9.39. The molecule has 5 rings (SSSR count). The predicted octanol–water partition coefficient (Wildman–Crippen LogP) is 6.21. The summed E-state index contributed by atoms with van der Waals surface area (Å²) in [7, 11) is 0. The number of carbonyl (C=O) groups excluding carboxylic acids is 6.